The summed E-state index contributed by atoms with van der Waals surface area (Å²) in [5.74, 6) is 0.0142. The van der Waals surface area contributed by atoms with Gasteiger partial charge in [0.1, 0.15) is 4.90 Å². The molecule has 22 heavy (non-hydrogen) atoms. The van der Waals surface area contributed by atoms with Gasteiger partial charge in [-0.3, -0.25) is 4.68 Å². The van der Waals surface area contributed by atoms with Crippen LogP contribution in [0.3, 0.4) is 0 Å². The molecule has 0 spiro atoms. The molecule has 1 aliphatic rings. The molecule has 0 unspecified atom stereocenters. The summed E-state index contributed by atoms with van der Waals surface area (Å²) in [6, 6.07) is 1.64. The third kappa shape index (κ3) is 2.51. The largest absolute Gasteiger partial charge is 0.396 e. The second kappa shape index (κ2) is 5.60. The van der Waals surface area contributed by atoms with Crippen molar-refractivity contribution >= 4 is 21.1 Å². The van der Waals surface area contributed by atoms with E-state index in [-0.39, 0.29) is 17.4 Å². The van der Waals surface area contributed by atoms with Crippen molar-refractivity contribution in [1.82, 2.24) is 19.1 Å². The van der Waals surface area contributed by atoms with Crippen LogP contribution in [-0.4, -0.2) is 52.3 Å². The maximum atomic E-state index is 12.8. The minimum Gasteiger partial charge on any atom is -0.396 e. The van der Waals surface area contributed by atoms with E-state index in [1.807, 2.05) is 6.92 Å². The number of aliphatic hydroxyl groups excluding tert-OH is 1. The minimum atomic E-state index is -3.58. The second-order valence-corrected chi connectivity index (χ2v) is 7.74. The Balaban J connectivity index is 2.00. The van der Waals surface area contributed by atoms with Crippen molar-refractivity contribution in [3.8, 4) is 0 Å². The summed E-state index contributed by atoms with van der Waals surface area (Å²) in [5.41, 5.74) is 1.43. The number of rotatable bonds is 3. The van der Waals surface area contributed by atoms with Crippen molar-refractivity contribution in [3.05, 3.63) is 18.0 Å². The van der Waals surface area contributed by atoms with Gasteiger partial charge >= 0.3 is 0 Å². The molecule has 1 atom stereocenters. The molecule has 0 aromatic carbocycles. The fourth-order valence-corrected chi connectivity index (χ4v) is 4.50. The zero-order chi connectivity index (χ0) is 15.9. The first kappa shape index (κ1) is 15.4. The SMILES string of the molecule is Cc1nn(C)c2ncc(S(=O)(=O)N3CCC[C@@H](CO)C3)cc12. The number of hydrogen-bond acceptors (Lipinski definition) is 5. The van der Waals surface area contributed by atoms with E-state index in [4.69, 9.17) is 0 Å². The normalized spacial score (nSPS) is 20.6. The summed E-state index contributed by atoms with van der Waals surface area (Å²) in [4.78, 5) is 4.44. The van der Waals surface area contributed by atoms with Crippen LogP contribution in [-0.2, 0) is 17.1 Å². The molecule has 0 aliphatic carbocycles. The standard InChI is InChI=1S/C14H20N4O3S/c1-10-13-6-12(7-15-14(13)17(2)16-10)22(20,21)18-5-3-4-11(8-18)9-19/h6-7,11,19H,3-5,8-9H2,1-2H3/t11-/m1/s1. The molecule has 1 fully saturated rings. The van der Waals surface area contributed by atoms with Gasteiger partial charge in [0.15, 0.2) is 5.65 Å². The molecule has 0 bridgehead atoms. The number of fused-ring (bicyclic) bond motifs is 1. The maximum Gasteiger partial charge on any atom is 0.244 e. The van der Waals surface area contributed by atoms with Crippen LogP contribution in [0.15, 0.2) is 17.2 Å². The number of nitrogens with zero attached hydrogens (tertiary/aromatic N) is 4. The summed E-state index contributed by atoms with van der Waals surface area (Å²) < 4.78 is 28.7. The molecule has 2 aromatic rings. The molecule has 2 aromatic heterocycles. The zero-order valence-corrected chi connectivity index (χ0v) is 13.5. The highest BCUT2D eigenvalue weighted by Gasteiger charge is 2.30. The van der Waals surface area contributed by atoms with Crippen LogP contribution in [0.1, 0.15) is 18.5 Å². The highest BCUT2D eigenvalue weighted by atomic mass is 32.2. The van der Waals surface area contributed by atoms with Gasteiger partial charge in [-0.2, -0.15) is 9.40 Å². The van der Waals surface area contributed by atoms with Crippen LogP contribution < -0.4 is 0 Å². The monoisotopic (exact) mass is 324 g/mol. The lowest BCUT2D eigenvalue weighted by molar-refractivity contribution is 0.165. The van der Waals surface area contributed by atoms with Crippen molar-refractivity contribution < 1.29 is 13.5 Å². The minimum absolute atomic E-state index is 0.0142. The van der Waals surface area contributed by atoms with E-state index in [2.05, 4.69) is 10.1 Å². The van der Waals surface area contributed by atoms with E-state index < -0.39 is 10.0 Å². The first-order valence-electron chi connectivity index (χ1n) is 7.34. The number of hydrogen-bond donors (Lipinski definition) is 1. The van der Waals surface area contributed by atoms with Crippen LogP contribution in [0.25, 0.3) is 11.0 Å². The molecular formula is C14H20N4O3S. The van der Waals surface area contributed by atoms with Gasteiger partial charge in [0.05, 0.1) is 5.69 Å². The van der Waals surface area contributed by atoms with Crippen molar-refractivity contribution in [2.75, 3.05) is 19.7 Å². The highest BCUT2D eigenvalue weighted by molar-refractivity contribution is 7.89. The summed E-state index contributed by atoms with van der Waals surface area (Å²) in [7, 11) is -1.80. The highest BCUT2D eigenvalue weighted by Crippen LogP contribution is 2.25. The Labute approximate surface area is 129 Å². The first-order chi connectivity index (χ1) is 10.4. The average Bonchev–Trinajstić information content (AvgIpc) is 2.81. The number of piperidine rings is 1. The molecule has 120 valence electrons. The number of aliphatic hydroxyl groups is 1. The number of pyridine rings is 1. The molecule has 1 saturated heterocycles. The van der Waals surface area contributed by atoms with Gasteiger partial charge < -0.3 is 5.11 Å². The lowest BCUT2D eigenvalue weighted by Crippen LogP contribution is -2.40. The van der Waals surface area contributed by atoms with E-state index in [1.165, 1.54) is 10.5 Å². The predicted octanol–water partition coefficient (Wildman–Crippen LogP) is 0.670. The van der Waals surface area contributed by atoms with Crippen molar-refractivity contribution in [3.63, 3.8) is 0 Å². The number of aromatic nitrogens is 3. The smallest absolute Gasteiger partial charge is 0.244 e. The van der Waals surface area contributed by atoms with Gasteiger partial charge in [0, 0.05) is 38.3 Å². The molecule has 3 rings (SSSR count). The fraction of sp³-hybridized carbons (Fsp3) is 0.571. The van der Waals surface area contributed by atoms with E-state index in [0.29, 0.717) is 18.7 Å². The van der Waals surface area contributed by atoms with Crippen molar-refractivity contribution in [2.45, 2.75) is 24.7 Å². The van der Waals surface area contributed by atoms with E-state index >= 15 is 0 Å². The molecule has 8 heteroatoms. The molecule has 0 amide bonds. The van der Waals surface area contributed by atoms with Gasteiger partial charge in [0.2, 0.25) is 10.0 Å². The van der Waals surface area contributed by atoms with Crippen LogP contribution in [0.2, 0.25) is 0 Å². The Morgan fingerprint density at radius 2 is 2.23 bits per heavy atom. The van der Waals surface area contributed by atoms with E-state index in [9.17, 15) is 13.5 Å². The zero-order valence-electron chi connectivity index (χ0n) is 12.7. The molecule has 1 aliphatic heterocycles. The van der Waals surface area contributed by atoms with E-state index in [1.54, 1.807) is 17.8 Å². The van der Waals surface area contributed by atoms with Crippen molar-refractivity contribution in [2.24, 2.45) is 13.0 Å². The predicted molar refractivity (Wildman–Crippen MR) is 81.8 cm³/mol. The van der Waals surface area contributed by atoms with Gasteiger partial charge in [-0.15, -0.1) is 0 Å². The quantitative estimate of drug-likeness (QED) is 0.896. The first-order valence-corrected chi connectivity index (χ1v) is 8.78. The molecule has 7 nitrogen and oxygen atoms in total. The lowest BCUT2D eigenvalue weighted by Gasteiger charge is -2.30. The van der Waals surface area contributed by atoms with Crippen LogP contribution >= 0.6 is 0 Å². The molecule has 3 heterocycles. The summed E-state index contributed by atoms with van der Waals surface area (Å²) >= 11 is 0. The van der Waals surface area contributed by atoms with Crippen LogP contribution in [0.5, 0.6) is 0 Å². The molecule has 1 N–H and O–H groups in total. The Morgan fingerprint density at radius 3 is 2.95 bits per heavy atom. The molecular weight excluding hydrogens is 304 g/mol. The lowest BCUT2D eigenvalue weighted by atomic mass is 10.0. The average molecular weight is 324 g/mol. The van der Waals surface area contributed by atoms with Gasteiger partial charge in [-0.25, -0.2) is 13.4 Å². The van der Waals surface area contributed by atoms with Crippen molar-refractivity contribution in [1.29, 1.82) is 0 Å². The van der Waals surface area contributed by atoms with Gasteiger partial charge in [0.25, 0.3) is 0 Å². The summed E-state index contributed by atoms with van der Waals surface area (Å²) in [6.45, 7) is 2.71. The Kier molecular flexibility index (Phi) is 3.92. The number of sulfonamides is 1. The van der Waals surface area contributed by atoms with Crippen LogP contribution in [0.4, 0.5) is 0 Å². The van der Waals surface area contributed by atoms with Gasteiger partial charge in [-0.1, -0.05) is 0 Å². The van der Waals surface area contributed by atoms with E-state index in [0.717, 1.165) is 23.9 Å². The Hall–Kier alpha value is -1.51. The molecule has 0 radical (unpaired) electrons. The fourth-order valence-electron chi connectivity index (χ4n) is 2.97. The third-order valence-corrected chi connectivity index (χ3v) is 6.05. The Bertz CT molecular complexity index is 800. The second-order valence-electron chi connectivity index (χ2n) is 5.81. The Morgan fingerprint density at radius 1 is 1.45 bits per heavy atom. The third-order valence-electron chi connectivity index (χ3n) is 4.22. The topological polar surface area (TPSA) is 88.3 Å². The van der Waals surface area contributed by atoms with Crippen LogP contribution in [0, 0.1) is 12.8 Å². The number of aryl methyl sites for hydroxylation is 2. The molecule has 0 saturated carbocycles. The summed E-state index contributed by atoms with van der Waals surface area (Å²) in [6.07, 6.45) is 3.02. The van der Waals surface area contributed by atoms with Gasteiger partial charge in [-0.05, 0) is 31.7 Å². The maximum absolute atomic E-state index is 12.8. The summed E-state index contributed by atoms with van der Waals surface area (Å²) in [5, 5.41) is 14.3.